The second-order valence-corrected chi connectivity index (χ2v) is 4.86. The minimum Gasteiger partial charge on any atom is -0.497 e. The highest BCUT2D eigenvalue weighted by atomic mass is 16.5. The topological polar surface area (TPSA) is 58.6 Å². The van der Waals surface area contributed by atoms with Crippen LogP contribution in [0.3, 0.4) is 0 Å². The number of nitrogens with one attached hydrogen (secondary N) is 1. The number of methoxy groups -OCH3 is 1. The fourth-order valence-electron chi connectivity index (χ4n) is 2.19. The van der Waals surface area contributed by atoms with Crippen LogP contribution in [0.5, 0.6) is 5.75 Å². The first kappa shape index (κ1) is 14.9. The zero-order valence-electron chi connectivity index (χ0n) is 12.2. The Bertz CT molecular complexity index is 638. The molecule has 0 spiro atoms. The van der Waals surface area contributed by atoms with Crippen molar-refractivity contribution in [3.8, 4) is 5.75 Å². The second kappa shape index (κ2) is 6.79. The molecule has 110 valence electrons. The van der Waals surface area contributed by atoms with E-state index in [1.165, 1.54) is 5.56 Å². The highest BCUT2D eigenvalue weighted by molar-refractivity contribution is 5.89. The molecule has 2 aromatic carbocycles. The van der Waals surface area contributed by atoms with E-state index in [2.05, 4.69) is 11.4 Å². The first-order valence-corrected chi connectivity index (χ1v) is 6.81. The summed E-state index contributed by atoms with van der Waals surface area (Å²) in [6.07, 6.45) is 0.872. The monoisotopic (exact) mass is 285 g/mol. The van der Waals surface area contributed by atoms with E-state index in [9.17, 15) is 4.79 Å². The Morgan fingerprint density at radius 2 is 2.05 bits per heavy atom. The molecule has 0 heterocycles. The molecule has 0 aromatic heterocycles. The van der Waals surface area contributed by atoms with Gasteiger partial charge in [0.05, 0.1) is 12.7 Å². The second-order valence-electron chi connectivity index (χ2n) is 4.86. The van der Waals surface area contributed by atoms with Crippen LogP contribution in [0.1, 0.15) is 21.5 Å². The summed E-state index contributed by atoms with van der Waals surface area (Å²) < 4.78 is 5.19. The maximum Gasteiger partial charge on any atom is 0.335 e. The molecular formula is C17H19NO3. The number of hydrogen-bond acceptors (Lipinski definition) is 3. The van der Waals surface area contributed by atoms with Crippen molar-refractivity contribution in [2.24, 2.45) is 0 Å². The Hall–Kier alpha value is -2.49. The maximum absolute atomic E-state index is 11.0. The van der Waals surface area contributed by atoms with Gasteiger partial charge in [-0.1, -0.05) is 12.1 Å². The number of rotatable bonds is 6. The normalized spacial score (nSPS) is 10.2. The lowest BCUT2D eigenvalue weighted by molar-refractivity contribution is 0.0696. The number of benzene rings is 2. The number of hydrogen-bond donors (Lipinski definition) is 2. The third-order valence-corrected chi connectivity index (χ3v) is 3.33. The number of aryl methyl sites for hydroxylation is 1. The summed E-state index contributed by atoms with van der Waals surface area (Å²) in [6.45, 7) is 2.58. The van der Waals surface area contributed by atoms with Crippen molar-refractivity contribution in [3.05, 3.63) is 59.2 Å². The van der Waals surface area contributed by atoms with Crippen LogP contribution in [0.25, 0.3) is 0 Å². The van der Waals surface area contributed by atoms with Gasteiger partial charge in [-0.05, 0) is 54.8 Å². The van der Waals surface area contributed by atoms with Crippen molar-refractivity contribution in [2.45, 2.75) is 13.3 Å². The summed E-state index contributed by atoms with van der Waals surface area (Å²) in [5, 5.41) is 12.3. The lowest BCUT2D eigenvalue weighted by Crippen LogP contribution is -2.06. The van der Waals surface area contributed by atoms with Crippen LogP contribution < -0.4 is 10.1 Å². The fourth-order valence-corrected chi connectivity index (χ4v) is 2.19. The van der Waals surface area contributed by atoms with Crippen LogP contribution in [0.15, 0.2) is 42.5 Å². The average molecular weight is 285 g/mol. The van der Waals surface area contributed by atoms with Gasteiger partial charge in [0.2, 0.25) is 0 Å². The summed E-state index contributed by atoms with van der Waals surface area (Å²) in [4.78, 5) is 11.0. The quantitative estimate of drug-likeness (QED) is 0.854. The van der Waals surface area contributed by atoms with Gasteiger partial charge in [0, 0.05) is 12.2 Å². The first-order chi connectivity index (χ1) is 10.1. The van der Waals surface area contributed by atoms with Gasteiger partial charge in [0.15, 0.2) is 0 Å². The summed E-state index contributed by atoms with van der Waals surface area (Å²) in [6, 6.07) is 13.2. The smallest absolute Gasteiger partial charge is 0.335 e. The molecule has 0 aliphatic rings. The van der Waals surface area contributed by atoms with E-state index in [4.69, 9.17) is 9.84 Å². The SMILES string of the molecule is COc1cccc(CCNc2ccc(C(=O)O)c(C)c2)c1. The van der Waals surface area contributed by atoms with Crippen LogP contribution >= 0.6 is 0 Å². The summed E-state index contributed by atoms with van der Waals surface area (Å²) in [5.41, 5.74) is 3.23. The molecule has 0 amide bonds. The Labute approximate surface area is 124 Å². The average Bonchev–Trinajstić information content (AvgIpc) is 2.47. The Morgan fingerprint density at radius 3 is 2.71 bits per heavy atom. The minimum absolute atomic E-state index is 0.341. The van der Waals surface area contributed by atoms with Crippen molar-refractivity contribution < 1.29 is 14.6 Å². The Morgan fingerprint density at radius 1 is 1.24 bits per heavy atom. The van der Waals surface area contributed by atoms with Gasteiger partial charge in [-0.15, -0.1) is 0 Å². The van der Waals surface area contributed by atoms with Crippen molar-refractivity contribution >= 4 is 11.7 Å². The molecule has 0 saturated carbocycles. The van der Waals surface area contributed by atoms with Crippen LogP contribution in [-0.4, -0.2) is 24.7 Å². The minimum atomic E-state index is -0.893. The maximum atomic E-state index is 11.0. The number of carboxylic acid groups (broad SMARTS) is 1. The molecule has 0 radical (unpaired) electrons. The van der Waals surface area contributed by atoms with Crippen LogP contribution in [0.2, 0.25) is 0 Å². The Balaban J connectivity index is 1.94. The van der Waals surface area contributed by atoms with Crippen molar-refractivity contribution in [3.63, 3.8) is 0 Å². The molecule has 21 heavy (non-hydrogen) atoms. The lowest BCUT2D eigenvalue weighted by atomic mass is 10.1. The Kier molecular flexibility index (Phi) is 4.82. The molecule has 0 saturated heterocycles. The third kappa shape index (κ3) is 3.99. The van der Waals surface area contributed by atoms with Crippen LogP contribution in [0.4, 0.5) is 5.69 Å². The number of ether oxygens (including phenoxy) is 1. The van der Waals surface area contributed by atoms with Crippen molar-refractivity contribution in [1.29, 1.82) is 0 Å². The first-order valence-electron chi connectivity index (χ1n) is 6.81. The largest absolute Gasteiger partial charge is 0.497 e. The predicted octanol–water partition coefficient (Wildman–Crippen LogP) is 3.36. The number of anilines is 1. The van der Waals surface area contributed by atoms with E-state index >= 15 is 0 Å². The molecule has 0 unspecified atom stereocenters. The van der Waals surface area contributed by atoms with Gasteiger partial charge in [-0.3, -0.25) is 0 Å². The predicted molar refractivity (Wildman–Crippen MR) is 83.3 cm³/mol. The molecule has 2 aromatic rings. The number of aromatic carboxylic acids is 1. The molecule has 0 atom stereocenters. The molecule has 0 bridgehead atoms. The van der Waals surface area contributed by atoms with E-state index in [-0.39, 0.29) is 0 Å². The van der Waals surface area contributed by atoms with E-state index in [0.29, 0.717) is 5.56 Å². The summed E-state index contributed by atoms with van der Waals surface area (Å²) >= 11 is 0. The molecule has 4 heteroatoms. The van der Waals surface area contributed by atoms with Gasteiger partial charge in [0.1, 0.15) is 5.75 Å². The fraction of sp³-hybridized carbons (Fsp3) is 0.235. The highest BCUT2D eigenvalue weighted by Gasteiger charge is 2.06. The van der Waals surface area contributed by atoms with Crippen molar-refractivity contribution in [1.82, 2.24) is 0 Å². The molecule has 2 rings (SSSR count). The number of carboxylic acids is 1. The summed E-state index contributed by atoms with van der Waals surface area (Å²) in [5.74, 6) is -0.0374. The standard InChI is InChI=1S/C17H19NO3/c1-12-10-14(6-7-16(12)17(19)20)18-9-8-13-4-3-5-15(11-13)21-2/h3-7,10-11,18H,8-9H2,1-2H3,(H,19,20). The highest BCUT2D eigenvalue weighted by Crippen LogP contribution is 2.16. The third-order valence-electron chi connectivity index (χ3n) is 3.33. The van der Waals surface area contributed by atoms with Gasteiger partial charge in [-0.2, -0.15) is 0 Å². The van der Waals surface area contributed by atoms with E-state index in [0.717, 1.165) is 30.0 Å². The summed E-state index contributed by atoms with van der Waals surface area (Å²) in [7, 11) is 1.66. The van der Waals surface area contributed by atoms with E-state index in [1.807, 2.05) is 24.3 Å². The molecule has 2 N–H and O–H groups in total. The lowest BCUT2D eigenvalue weighted by Gasteiger charge is -2.09. The molecular weight excluding hydrogens is 266 g/mol. The molecule has 4 nitrogen and oxygen atoms in total. The zero-order valence-corrected chi connectivity index (χ0v) is 12.2. The van der Waals surface area contributed by atoms with Gasteiger partial charge >= 0.3 is 5.97 Å². The molecule has 0 aliphatic carbocycles. The van der Waals surface area contributed by atoms with E-state index in [1.54, 1.807) is 26.2 Å². The van der Waals surface area contributed by atoms with Gasteiger partial charge in [-0.25, -0.2) is 4.79 Å². The van der Waals surface area contributed by atoms with Crippen LogP contribution in [-0.2, 0) is 6.42 Å². The van der Waals surface area contributed by atoms with Gasteiger partial charge < -0.3 is 15.2 Å². The molecule has 0 aliphatic heterocycles. The van der Waals surface area contributed by atoms with Crippen molar-refractivity contribution in [2.75, 3.05) is 19.0 Å². The van der Waals surface area contributed by atoms with E-state index < -0.39 is 5.97 Å². The van der Waals surface area contributed by atoms with Gasteiger partial charge in [0.25, 0.3) is 0 Å². The number of carbonyl (C=O) groups is 1. The zero-order chi connectivity index (χ0) is 15.2. The van der Waals surface area contributed by atoms with Crippen LogP contribution in [0, 0.1) is 6.92 Å². The molecule has 0 fully saturated rings.